The standard InChI is InChI=1S/C16H24N6O3/c23-14(11-22-12-17-18-19-22)21-7-3-16(4-8-21)9-13(25-15(16)24)10-20-5-1-2-6-20/h12-13H,1-11H2. The van der Waals surface area contributed by atoms with Crippen LogP contribution in [0.25, 0.3) is 0 Å². The Morgan fingerprint density at radius 1 is 1.24 bits per heavy atom. The second-order valence-electron chi connectivity index (χ2n) is 7.41. The summed E-state index contributed by atoms with van der Waals surface area (Å²) in [5.74, 6) is -0.0774. The highest BCUT2D eigenvalue weighted by Crippen LogP contribution is 2.43. The van der Waals surface area contributed by atoms with Crippen molar-refractivity contribution in [1.82, 2.24) is 30.0 Å². The number of aromatic nitrogens is 4. The lowest BCUT2D eigenvalue weighted by atomic mass is 9.76. The monoisotopic (exact) mass is 348 g/mol. The molecule has 0 aliphatic carbocycles. The maximum Gasteiger partial charge on any atom is 0.312 e. The summed E-state index contributed by atoms with van der Waals surface area (Å²) >= 11 is 0. The first-order valence-corrected chi connectivity index (χ1v) is 9.07. The van der Waals surface area contributed by atoms with Crippen molar-refractivity contribution in [3.63, 3.8) is 0 Å². The van der Waals surface area contributed by atoms with Gasteiger partial charge in [0.05, 0.1) is 5.41 Å². The van der Waals surface area contributed by atoms with Gasteiger partial charge in [0.15, 0.2) is 0 Å². The highest BCUT2D eigenvalue weighted by Gasteiger charge is 2.51. The zero-order chi connectivity index (χ0) is 17.3. The van der Waals surface area contributed by atoms with Crippen LogP contribution in [0.15, 0.2) is 6.33 Å². The minimum absolute atomic E-state index is 0.00840. The summed E-state index contributed by atoms with van der Waals surface area (Å²) in [6.07, 6.45) is 6.08. The third-order valence-electron chi connectivity index (χ3n) is 5.75. The fourth-order valence-corrected chi connectivity index (χ4v) is 4.28. The number of piperidine rings is 1. The van der Waals surface area contributed by atoms with Gasteiger partial charge in [-0.1, -0.05) is 0 Å². The van der Waals surface area contributed by atoms with Crippen molar-refractivity contribution >= 4 is 11.9 Å². The molecule has 9 heteroatoms. The maximum absolute atomic E-state index is 12.5. The molecule has 136 valence electrons. The van der Waals surface area contributed by atoms with Gasteiger partial charge < -0.3 is 9.64 Å². The Kier molecular flexibility index (Phi) is 4.41. The van der Waals surface area contributed by atoms with E-state index in [1.54, 1.807) is 4.90 Å². The predicted octanol–water partition coefficient (Wildman–Crippen LogP) is -0.307. The van der Waals surface area contributed by atoms with Crippen LogP contribution >= 0.6 is 0 Å². The van der Waals surface area contributed by atoms with Crippen molar-refractivity contribution in [3.05, 3.63) is 6.33 Å². The third kappa shape index (κ3) is 3.37. The number of tetrazole rings is 1. The van der Waals surface area contributed by atoms with Gasteiger partial charge in [-0.3, -0.25) is 14.5 Å². The Morgan fingerprint density at radius 3 is 2.68 bits per heavy atom. The molecule has 1 unspecified atom stereocenters. The smallest absolute Gasteiger partial charge is 0.312 e. The molecule has 4 rings (SSSR count). The molecule has 1 atom stereocenters. The minimum Gasteiger partial charge on any atom is -0.461 e. The van der Waals surface area contributed by atoms with Crippen LogP contribution in [-0.2, 0) is 20.9 Å². The summed E-state index contributed by atoms with van der Waals surface area (Å²) in [4.78, 5) is 29.0. The number of nitrogens with zero attached hydrogens (tertiary/aromatic N) is 6. The van der Waals surface area contributed by atoms with Crippen LogP contribution in [0.1, 0.15) is 32.1 Å². The second-order valence-corrected chi connectivity index (χ2v) is 7.41. The summed E-state index contributed by atoms with van der Waals surface area (Å²) in [7, 11) is 0. The number of ether oxygens (including phenoxy) is 1. The predicted molar refractivity (Wildman–Crippen MR) is 86.2 cm³/mol. The zero-order valence-electron chi connectivity index (χ0n) is 14.3. The number of cyclic esters (lactones) is 1. The van der Waals surface area contributed by atoms with Crippen LogP contribution in [0.5, 0.6) is 0 Å². The first-order chi connectivity index (χ1) is 12.1. The van der Waals surface area contributed by atoms with Gasteiger partial charge in [-0.2, -0.15) is 0 Å². The molecule has 3 fully saturated rings. The first kappa shape index (κ1) is 16.4. The largest absolute Gasteiger partial charge is 0.461 e. The Hall–Kier alpha value is -2.03. The van der Waals surface area contributed by atoms with Crippen molar-refractivity contribution in [2.45, 2.75) is 44.8 Å². The molecule has 4 heterocycles. The van der Waals surface area contributed by atoms with Gasteiger partial charge in [0.2, 0.25) is 5.91 Å². The summed E-state index contributed by atoms with van der Waals surface area (Å²) in [6.45, 7) is 4.40. The molecule has 3 aliphatic heterocycles. The van der Waals surface area contributed by atoms with Crippen molar-refractivity contribution in [2.75, 3.05) is 32.7 Å². The molecule has 0 radical (unpaired) electrons. The van der Waals surface area contributed by atoms with Crippen molar-refractivity contribution in [2.24, 2.45) is 5.41 Å². The lowest BCUT2D eigenvalue weighted by molar-refractivity contribution is -0.153. The third-order valence-corrected chi connectivity index (χ3v) is 5.75. The van der Waals surface area contributed by atoms with E-state index in [2.05, 4.69) is 20.4 Å². The maximum atomic E-state index is 12.5. The van der Waals surface area contributed by atoms with E-state index in [1.165, 1.54) is 23.9 Å². The van der Waals surface area contributed by atoms with Crippen LogP contribution in [0.4, 0.5) is 0 Å². The van der Waals surface area contributed by atoms with Gasteiger partial charge in [-0.05, 0) is 49.2 Å². The summed E-state index contributed by atoms with van der Waals surface area (Å²) in [6, 6.07) is 0. The molecule has 0 N–H and O–H groups in total. The molecule has 1 aromatic rings. The average Bonchev–Trinajstić information content (AvgIpc) is 3.33. The Balaban J connectivity index is 1.31. The van der Waals surface area contributed by atoms with Gasteiger partial charge in [0.1, 0.15) is 19.0 Å². The molecule has 25 heavy (non-hydrogen) atoms. The summed E-state index contributed by atoms with van der Waals surface area (Å²) in [5.41, 5.74) is -0.393. The highest BCUT2D eigenvalue weighted by atomic mass is 16.6. The van der Waals surface area contributed by atoms with Crippen LogP contribution < -0.4 is 0 Å². The van der Waals surface area contributed by atoms with Gasteiger partial charge in [-0.15, -0.1) is 5.10 Å². The average molecular weight is 348 g/mol. The quantitative estimate of drug-likeness (QED) is 0.689. The van der Waals surface area contributed by atoms with Gasteiger partial charge >= 0.3 is 5.97 Å². The fraction of sp³-hybridized carbons (Fsp3) is 0.812. The molecule has 1 amide bonds. The molecule has 9 nitrogen and oxygen atoms in total. The molecule has 1 aromatic heterocycles. The highest BCUT2D eigenvalue weighted by molar-refractivity contribution is 5.80. The zero-order valence-corrected chi connectivity index (χ0v) is 14.3. The minimum atomic E-state index is -0.393. The van der Waals surface area contributed by atoms with Gasteiger partial charge in [0.25, 0.3) is 0 Å². The van der Waals surface area contributed by atoms with E-state index >= 15 is 0 Å². The van der Waals surface area contributed by atoms with Crippen LogP contribution in [0.3, 0.4) is 0 Å². The Labute approximate surface area is 146 Å². The fourth-order valence-electron chi connectivity index (χ4n) is 4.28. The van der Waals surface area contributed by atoms with Crippen molar-refractivity contribution in [1.29, 1.82) is 0 Å². The number of carbonyl (C=O) groups excluding carboxylic acids is 2. The molecular weight excluding hydrogens is 324 g/mol. The van der Waals surface area contributed by atoms with E-state index < -0.39 is 5.41 Å². The number of amides is 1. The lowest BCUT2D eigenvalue weighted by Crippen LogP contribution is -2.46. The van der Waals surface area contributed by atoms with Crippen LogP contribution in [0, 0.1) is 5.41 Å². The topological polar surface area (TPSA) is 93.5 Å². The first-order valence-electron chi connectivity index (χ1n) is 9.07. The molecule has 0 bridgehead atoms. The molecule has 1 spiro atoms. The van der Waals surface area contributed by atoms with Crippen LogP contribution in [0.2, 0.25) is 0 Å². The van der Waals surface area contributed by atoms with E-state index in [4.69, 9.17) is 4.74 Å². The number of likely N-dealkylation sites (tertiary alicyclic amines) is 2. The number of rotatable bonds is 4. The van der Waals surface area contributed by atoms with Crippen molar-refractivity contribution in [3.8, 4) is 0 Å². The van der Waals surface area contributed by atoms with E-state index in [-0.39, 0.29) is 24.5 Å². The van der Waals surface area contributed by atoms with E-state index in [1.807, 2.05) is 0 Å². The molecule has 3 aliphatic rings. The van der Waals surface area contributed by atoms with Crippen molar-refractivity contribution < 1.29 is 14.3 Å². The number of hydrogen-bond donors (Lipinski definition) is 0. The lowest BCUT2D eigenvalue weighted by Gasteiger charge is -2.36. The molecule has 3 saturated heterocycles. The Bertz CT molecular complexity index is 620. The second kappa shape index (κ2) is 6.70. The van der Waals surface area contributed by atoms with E-state index in [0.717, 1.165) is 26.1 Å². The SMILES string of the molecule is O=C(Cn1cnnn1)N1CCC2(CC1)CC(CN1CCCC1)OC2=O. The number of hydrogen-bond acceptors (Lipinski definition) is 7. The number of esters is 1. The molecule has 0 aromatic carbocycles. The normalized spacial score (nSPS) is 26.3. The Morgan fingerprint density at radius 2 is 2.00 bits per heavy atom. The molecular formula is C16H24N6O3. The van der Waals surface area contributed by atoms with E-state index in [9.17, 15) is 9.59 Å². The van der Waals surface area contributed by atoms with E-state index in [0.29, 0.717) is 25.9 Å². The summed E-state index contributed by atoms with van der Waals surface area (Å²) < 4.78 is 7.10. The number of carbonyl (C=O) groups is 2. The van der Waals surface area contributed by atoms with Gasteiger partial charge in [-0.25, -0.2) is 4.68 Å². The summed E-state index contributed by atoms with van der Waals surface area (Å²) in [5, 5.41) is 10.8. The molecule has 0 saturated carbocycles. The van der Waals surface area contributed by atoms with Crippen LogP contribution in [-0.4, -0.2) is 80.7 Å². The van der Waals surface area contributed by atoms with Gasteiger partial charge in [0, 0.05) is 26.1 Å².